The summed E-state index contributed by atoms with van der Waals surface area (Å²) in [5.74, 6) is 6.22. The van der Waals surface area contributed by atoms with Crippen LogP contribution in [0.1, 0.15) is 27.9 Å². The van der Waals surface area contributed by atoms with E-state index in [2.05, 4.69) is 22.3 Å². The molecule has 0 bridgehead atoms. The van der Waals surface area contributed by atoms with Crippen LogP contribution >= 0.6 is 0 Å². The largest absolute Gasteiger partial charge is 0.395 e. The van der Waals surface area contributed by atoms with Gasteiger partial charge in [0.1, 0.15) is 5.82 Å². The quantitative estimate of drug-likeness (QED) is 0.843. The summed E-state index contributed by atoms with van der Waals surface area (Å²) in [6.07, 6.45) is 2.05. The van der Waals surface area contributed by atoms with E-state index in [0.717, 1.165) is 11.1 Å². The number of hydrogen-bond donors (Lipinski definition) is 2. The van der Waals surface area contributed by atoms with E-state index in [4.69, 9.17) is 5.11 Å². The maximum atomic E-state index is 12.3. The Labute approximate surface area is 123 Å². The van der Waals surface area contributed by atoms with Crippen molar-refractivity contribution in [3.05, 3.63) is 47.2 Å². The molecule has 0 aliphatic rings. The second-order valence-corrected chi connectivity index (χ2v) is 4.60. The summed E-state index contributed by atoms with van der Waals surface area (Å²) in [6.45, 7) is 1.91. The minimum Gasteiger partial charge on any atom is -0.395 e. The number of nitrogens with zero attached hydrogens (tertiary/aromatic N) is 2. The molecule has 5 heteroatoms. The van der Waals surface area contributed by atoms with Gasteiger partial charge in [-0.2, -0.15) is 5.10 Å². The number of aromatic nitrogens is 2. The van der Waals surface area contributed by atoms with Gasteiger partial charge in [0, 0.05) is 30.7 Å². The van der Waals surface area contributed by atoms with Crippen LogP contribution in [0, 0.1) is 18.8 Å². The van der Waals surface area contributed by atoms with Gasteiger partial charge in [0.05, 0.1) is 12.8 Å². The Kier molecular flexibility index (Phi) is 4.75. The van der Waals surface area contributed by atoms with Crippen LogP contribution in [0.4, 0.5) is 5.82 Å². The molecule has 1 aromatic heterocycles. The van der Waals surface area contributed by atoms with Crippen molar-refractivity contribution in [3.63, 3.8) is 0 Å². The molecular formula is C16H17N3O2. The lowest BCUT2D eigenvalue weighted by Gasteiger charge is -2.08. The van der Waals surface area contributed by atoms with Crippen LogP contribution in [0.25, 0.3) is 0 Å². The van der Waals surface area contributed by atoms with E-state index in [1.807, 2.05) is 19.1 Å². The van der Waals surface area contributed by atoms with Crippen LogP contribution in [0.3, 0.4) is 0 Å². The summed E-state index contributed by atoms with van der Waals surface area (Å²) in [5, 5.41) is 15.6. The monoisotopic (exact) mass is 283 g/mol. The van der Waals surface area contributed by atoms with Gasteiger partial charge < -0.3 is 10.4 Å². The van der Waals surface area contributed by atoms with Crippen molar-refractivity contribution in [1.82, 2.24) is 9.78 Å². The average molecular weight is 283 g/mol. The number of aliphatic hydroxyl groups excluding tert-OH is 1. The number of carbonyl (C=O) groups is 1. The molecule has 0 saturated heterocycles. The van der Waals surface area contributed by atoms with Gasteiger partial charge in [-0.15, -0.1) is 0 Å². The molecule has 2 aromatic rings. The predicted octanol–water partition coefficient (Wildman–Crippen LogP) is 1.71. The Morgan fingerprint density at radius 3 is 2.90 bits per heavy atom. The summed E-state index contributed by atoms with van der Waals surface area (Å²) in [6, 6.07) is 7.21. The highest BCUT2D eigenvalue weighted by molar-refractivity contribution is 6.05. The first-order chi connectivity index (χ1) is 10.1. The molecule has 0 atom stereocenters. The Bertz CT molecular complexity index is 708. The van der Waals surface area contributed by atoms with E-state index in [-0.39, 0.29) is 12.5 Å². The maximum absolute atomic E-state index is 12.3. The summed E-state index contributed by atoms with van der Waals surface area (Å²) < 4.78 is 1.60. The second kappa shape index (κ2) is 6.73. The average Bonchev–Trinajstić information content (AvgIpc) is 2.86. The van der Waals surface area contributed by atoms with E-state index in [1.165, 1.54) is 0 Å². The Hall–Kier alpha value is -2.58. The lowest BCUT2D eigenvalue weighted by molar-refractivity contribution is 0.102. The summed E-state index contributed by atoms with van der Waals surface area (Å²) in [5.41, 5.74) is 2.21. The molecule has 1 amide bonds. The van der Waals surface area contributed by atoms with E-state index in [1.54, 1.807) is 30.1 Å². The van der Waals surface area contributed by atoms with Crippen LogP contribution < -0.4 is 5.32 Å². The van der Waals surface area contributed by atoms with E-state index < -0.39 is 0 Å². The van der Waals surface area contributed by atoms with E-state index in [0.29, 0.717) is 17.8 Å². The summed E-state index contributed by atoms with van der Waals surface area (Å²) >= 11 is 0. The third kappa shape index (κ3) is 3.71. The zero-order valence-electron chi connectivity index (χ0n) is 12.1. The Morgan fingerprint density at radius 2 is 2.24 bits per heavy atom. The molecule has 0 spiro atoms. The van der Waals surface area contributed by atoms with Gasteiger partial charge in [0.25, 0.3) is 5.91 Å². The molecule has 0 radical (unpaired) electrons. The first-order valence-corrected chi connectivity index (χ1v) is 6.61. The van der Waals surface area contributed by atoms with Crippen molar-refractivity contribution in [1.29, 1.82) is 0 Å². The molecule has 1 heterocycles. The van der Waals surface area contributed by atoms with Crippen molar-refractivity contribution >= 4 is 11.7 Å². The first-order valence-electron chi connectivity index (χ1n) is 6.61. The molecule has 5 nitrogen and oxygen atoms in total. The molecule has 1 aromatic carbocycles. The molecule has 0 aliphatic heterocycles. The highest BCUT2D eigenvalue weighted by atomic mass is 16.2. The zero-order valence-corrected chi connectivity index (χ0v) is 12.1. The zero-order chi connectivity index (χ0) is 15.2. The second-order valence-electron chi connectivity index (χ2n) is 4.60. The molecule has 2 N–H and O–H groups in total. The van der Waals surface area contributed by atoms with Gasteiger partial charge in [-0.1, -0.05) is 17.9 Å². The van der Waals surface area contributed by atoms with Gasteiger partial charge in [-0.3, -0.25) is 9.48 Å². The fourth-order valence-electron chi connectivity index (χ4n) is 1.85. The van der Waals surface area contributed by atoms with Crippen LogP contribution in [0.5, 0.6) is 0 Å². The van der Waals surface area contributed by atoms with Gasteiger partial charge in [-0.05, 0) is 24.6 Å². The highest BCUT2D eigenvalue weighted by Gasteiger charge is 2.11. The van der Waals surface area contributed by atoms with Crippen molar-refractivity contribution in [2.24, 2.45) is 7.05 Å². The predicted molar refractivity (Wildman–Crippen MR) is 80.9 cm³/mol. The van der Waals surface area contributed by atoms with Gasteiger partial charge in [0.2, 0.25) is 0 Å². The van der Waals surface area contributed by atoms with Crippen LogP contribution in [-0.4, -0.2) is 27.4 Å². The number of rotatable bonds is 3. The number of aryl methyl sites for hydroxylation is 2. The van der Waals surface area contributed by atoms with Gasteiger partial charge in [-0.25, -0.2) is 0 Å². The van der Waals surface area contributed by atoms with E-state index in [9.17, 15) is 4.79 Å². The summed E-state index contributed by atoms with van der Waals surface area (Å²) in [7, 11) is 1.76. The molecule has 0 unspecified atom stereocenters. The van der Waals surface area contributed by atoms with Crippen molar-refractivity contribution < 1.29 is 9.90 Å². The number of carbonyl (C=O) groups excluding carboxylic acids is 1. The molecule has 21 heavy (non-hydrogen) atoms. The third-order valence-corrected chi connectivity index (χ3v) is 3.01. The smallest absolute Gasteiger partial charge is 0.257 e. The first kappa shape index (κ1) is 14.8. The lowest BCUT2D eigenvalue weighted by Crippen LogP contribution is -2.16. The fourth-order valence-corrected chi connectivity index (χ4v) is 1.85. The van der Waals surface area contributed by atoms with Crippen LogP contribution in [-0.2, 0) is 7.05 Å². The number of amides is 1. The number of benzene rings is 1. The fraction of sp³-hybridized carbons (Fsp3) is 0.250. The maximum Gasteiger partial charge on any atom is 0.257 e. The molecule has 0 fully saturated rings. The highest BCUT2D eigenvalue weighted by Crippen LogP contribution is 2.13. The van der Waals surface area contributed by atoms with E-state index >= 15 is 0 Å². The van der Waals surface area contributed by atoms with Crippen molar-refractivity contribution in [2.75, 3.05) is 11.9 Å². The molecule has 0 aliphatic carbocycles. The molecule has 108 valence electrons. The lowest BCUT2D eigenvalue weighted by atomic mass is 10.0. The van der Waals surface area contributed by atoms with Crippen molar-refractivity contribution in [2.45, 2.75) is 13.3 Å². The third-order valence-electron chi connectivity index (χ3n) is 3.01. The Morgan fingerprint density at radius 1 is 1.43 bits per heavy atom. The minimum atomic E-state index is -0.193. The molecule has 0 saturated carbocycles. The minimum absolute atomic E-state index is 0.0344. The topological polar surface area (TPSA) is 67.2 Å². The summed E-state index contributed by atoms with van der Waals surface area (Å²) in [4.78, 5) is 12.3. The van der Waals surface area contributed by atoms with Crippen LogP contribution in [0.15, 0.2) is 30.5 Å². The number of nitrogens with one attached hydrogen (secondary N) is 1. The van der Waals surface area contributed by atoms with Crippen LogP contribution in [0.2, 0.25) is 0 Å². The number of hydrogen-bond acceptors (Lipinski definition) is 3. The standard InChI is InChI=1S/C16H17N3O2/c1-12-6-7-13(5-3-4-10-20)11-14(12)16(21)18-15-8-9-17-19(15)2/h6-9,11,20H,4,10H2,1-2H3,(H,18,21). The number of aliphatic hydroxyl groups is 1. The molecule has 2 rings (SSSR count). The normalized spacial score (nSPS) is 9.86. The van der Waals surface area contributed by atoms with Gasteiger partial charge >= 0.3 is 0 Å². The SMILES string of the molecule is Cc1ccc(C#CCCO)cc1C(=O)Nc1ccnn1C. The Balaban J connectivity index is 2.22. The van der Waals surface area contributed by atoms with Gasteiger partial charge in [0.15, 0.2) is 0 Å². The van der Waals surface area contributed by atoms with Crippen molar-refractivity contribution in [3.8, 4) is 11.8 Å². The molecular weight excluding hydrogens is 266 g/mol. The number of anilines is 1.